The van der Waals surface area contributed by atoms with Gasteiger partial charge in [0.15, 0.2) is 5.82 Å². The SMILES string of the molecule is Nc1cc(F)cc(C(=O)N2CCOCC2CO)c1F. The van der Waals surface area contributed by atoms with Gasteiger partial charge in [-0.1, -0.05) is 0 Å². The molecule has 1 aromatic carbocycles. The van der Waals surface area contributed by atoms with Gasteiger partial charge in [-0.3, -0.25) is 4.79 Å². The smallest absolute Gasteiger partial charge is 0.257 e. The third-order valence-electron chi connectivity index (χ3n) is 3.00. The first-order chi connectivity index (χ1) is 9.04. The van der Waals surface area contributed by atoms with E-state index in [1.54, 1.807) is 0 Å². The van der Waals surface area contributed by atoms with E-state index >= 15 is 0 Å². The van der Waals surface area contributed by atoms with Crippen LogP contribution in [0.25, 0.3) is 0 Å². The molecule has 0 spiro atoms. The Hall–Kier alpha value is -1.73. The van der Waals surface area contributed by atoms with Crippen molar-refractivity contribution in [1.82, 2.24) is 4.90 Å². The minimum Gasteiger partial charge on any atom is -0.396 e. The molecule has 1 amide bonds. The number of morpholine rings is 1. The summed E-state index contributed by atoms with van der Waals surface area (Å²) in [5.41, 5.74) is 4.44. The van der Waals surface area contributed by atoms with Crippen molar-refractivity contribution < 1.29 is 23.4 Å². The lowest BCUT2D eigenvalue weighted by atomic mass is 10.1. The van der Waals surface area contributed by atoms with E-state index < -0.39 is 34.8 Å². The van der Waals surface area contributed by atoms with Gasteiger partial charge in [-0.25, -0.2) is 8.78 Å². The molecule has 0 saturated carbocycles. The second kappa shape index (κ2) is 5.50. The molecular formula is C12H14F2N2O3. The fourth-order valence-corrected chi connectivity index (χ4v) is 1.99. The van der Waals surface area contributed by atoms with E-state index in [2.05, 4.69) is 0 Å². The average Bonchev–Trinajstić information content (AvgIpc) is 2.42. The Kier molecular flexibility index (Phi) is 3.96. The molecule has 1 aliphatic heterocycles. The van der Waals surface area contributed by atoms with Gasteiger partial charge < -0.3 is 20.5 Å². The molecule has 0 aliphatic carbocycles. The number of rotatable bonds is 2. The molecule has 0 bridgehead atoms. The molecule has 1 unspecified atom stereocenters. The Bertz CT molecular complexity index is 496. The van der Waals surface area contributed by atoms with Gasteiger partial charge in [0.2, 0.25) is 0 Å². The number of halogens is 2. The highest BCUT2D eigenvalue weighted by Crippen LogP contribution is 2.21. The first-order valence-electron chi connectivity index (χ1n) is 5.78. The van der Waals surface area contributed by atoms with Crippen LogP contribution in [0.1, 0.15) is 10.4 Å². The van der Waals surface area contributed by atoms with Gasteiger partial charge in [0, 0.05) is 6.54 Å². The van der Waals surface area contributed by atoms with Gasteiger partial charge in [-0.15, -0.1) is 0 Å². The van der Waals surface area contributed by atoms with Gasteiger partial charge in [0.25, 0.3) is 5.91 Å². The van der Waals surface area contributed by atoms with Crippen LogP contribution < -0.4 is 5.73 Å². The fourth-order valence-electron chi connectivity index (χ4n) is 1.99. The first-order valence-corrected chi connectivity index (χ1v) is 5.78. The van der Waals surface area contributed by atoms with Crippen LogP contribution in [0.4, 0.5) is 14.5 Å². The molecule has 1 saturated heterocycles. The predicted octanol–water partition coefficient (Wildman–Crippen LogP) is 0.380. The second-order valence-corrected chi connectivity index (χ2v) is 4.27. The largest absolute Gasteiger partial charge is 0.396 e. The van der Waals surface area contributed by atoms with Crippen LogP contribution >= 0.6 is 0 Å². The molecule has 1 aromatic rings. The number of nitrogen functional groups attached to an aromatic ring is 1. The van der Waals surface area contributed by atoms with Gasteiger partial charge in [-0.2, -0.15) is 0 Å². The van der Waals surface area contributed by atoms with Gasteiger partial charge >= 0.3 is 0 Å². The van der Waals surface area contributed by atoms with E-state index in [1.807, 2.05) is 0 Å². The predicted molar refractivity (Wildman–Crippen MR) is 63.5 cm³/mol. The summed E-state index contributed by atoms with van der Waals surface area (Å²) in [6, 6.07) is 1.05. The third-order valence-corrected chi connectivity index (χ3v) is 3.00. The van der Waals surface area contributed by atoms with Gasteiger partial charge in [-0.05, 0) is 12.1 Å². The maximum atomic E-state index is 13.8. The van der Waals surface area contributed by atoms with Crippen LogP contribution in [0.3, 0.4) is 0 Å². The quantitative estimate of drug-likeness (QED) is 0.763. The van der Waals surface area contributed by atoms with Gasteiger partial charge in [0.05, 0.1) is 37.1 Å². The molecule has 1 aliphatic rings. The molecule has 2 rings (SSSR count). The maximum Gasteiger partial charge on any atom is 0.257 e. The number of nitrogens with zero attached hydrogens (tertiary/aromatic N) is 1. The molecule has 3 N–H and O–H groups in total. The number of hydrogen-bond acceptors (Lipinski definition) is 4. The fraction of sp³-hybridized carbons (Fsp3) is 0.417. The van der Waals surface area contributed by atoms with Crippen LogP contribution in [0.2, 0.25) is 0 Å². The monoisotopic (exact) mass is 272 g/mol. The Balaban J connectivity index is 2.33. The maximum absolute atomic E-state index is 13.8. The average molecular weight is 272 g/mol. The van der Waals surface area contributed by atoms with E-state index in [0.717, 1.165) is 12.1 Å². The molecule has 19 heavy (non-hydrogen) atoms. The van der Waals surface area contributed by atoms with E-state index in [9.17, 15) is 13.6 Å². The number of amides is 1. The van der Waals surface area contributed by atoms with E-state index in [0.29, 0.717) is 0 Å². The van der Waals surface area contributed by atoms with Crippen molar-refractivity contribution in [2.45, 2.75) is 6.04 Å². The van der Waals surface area contributed by atoms with Crippen LogP contribution in [0.15, 0.2) is 12.1 Å². The van der Waals surface area contributed by atoms with Crippen LogP contribution in [-0.2, 0) is 4.74 Å². The summed E-state index contributed by atoms with van der Waals surface area (Å²) in [4.78, 5) is 13.5. The lowest BCUT2D eigenvalue weighted by molar-refractivity contribution is -0.0186. The first kappa shape index (κ1) is 13.7. The molecular weight excluding hydrogens is 258 g/mol. The Morgan fingerprint density at radius 1 is 1.53 bits per heavy atom. The number of ether oxygens (including phenoxy) is 1. The molecule has 1 atom stereocenters. The zero-order valence-corrected chi connectivity index (χ0v) is 10.1. The molecule has 7 heteroatoms. The Morgan fingerprint density at radius 3 is 2.95 bits per heavy atom. The van der Waals surface area contributed by atoms with Crippen LogP contribution in [-0.4, -0.2) is 48.3 Å². The number of carbonyl (C=O) groups excluding carboxylic acids is 1. The van der Waals surface area contributed by atoms with E-state index in [-0.39, 0.29) is 26.4 Å². The van der Waals surface area contributed by atoms with Gasteiger partial charge in [0.1, 0.15) is 5.82 Å². The minimum absolute atomic E-state index is 0.161. The molecule has 0 aromatic heterocycles. The van der Waals surface area contributed by atoms with E-state index in [1.165, 1.54) is 4.90 Å². The summed E-state index contributed by atoms with van der Waals surface area (Å²) in [5, 5.41) is 9.17. The molecule has 0 radical (unpaired) electrons. The molecule has 1 fully saturated rings. The topological polar surface area (TPSA) is 75.8 Å². The lowest BCUT2D eigenvalue weighted by Crippen LogP contribution is -2.50. The van der Waals surface area contributed by atoms with Crippen LogP contribution in [0, 0.1) is 11.6 Å². The third kappa shape index (κ3) is 2.66. The summed E-state index contributed by atoms with van der Waals surface area (Å²) in [6.45, 7) is 0.349. The molecule has 104 valence electrons. The number of aliphatic hydroxyl groups is 1. The molecule has 5 nitrogen and oxygen atoms in total. The second-order valence-electron chi connectivity index (χ2n) is 4.27. The molecule has 1 heterocycles. The van der Waals surface area contributed by atoms with Crippen LogP contribution in [0.5, 0.6) is 0 Å². The summed E-state index contributed by atoms with van der Waals surface area (Å²) >= 11 is 0. The Labute approximate surface area is 108 Å². The van der Waals surface area contributed by atoms with Crippen molar-refractivity contribution in [2.75, 3.05) is 32.1 Å². The number of benzene rings is 1. The van der Waals surface area contributed by atoms with Crippen molar-refractivity contribution in [1.29, 1.82) is 0 Å². The number of aliphatic hydroxyl groups excluding tert-OH is 1. The number of carbonyl (C=O) groups is 1. The normalized spacial score (nSPS) is 19.5. The highest BCUT2D eigenvalue weighted by Gasteiger charge is 2.29. The van der Waals surface area contributed by atoms with Crippen molar-refractivity contribution in [3.8, 4) is 0 Å². The lowest BCUT2D eigenvalue weighted by Gasteiger charge is -2.34. The van der Waals surface area contributed by atoms with Crippen molar-refractivity contribution in [2.24, 2.45) is 0 Å². The van der Waals surface area contributed by atoms with Crippen molar-refractivity contribution in [3.05, 3.63) is 29.3 Å². The summed E-state index contributed by atoms with van der Waals surface area (Å²) in [6.07, 6.45) is 0. The zero-order chi connectivity index (χ0) is 14.0. The number of anilines is 1. The number of nitrogens with two attached hydrogens (primary N) is 1. The summed E-state index contributed by atoms with van der Waals surface area (Å²) in [7, 11) is 0. The standard InChI is InChI=1S/C12H14F2N2O3/c13-7-3-9(11(14)10(15)4-7)12(18)16-1-2-19-6-8(16)5-17/h3-4,8,17H,1-2,5-6,15H2. The summed E-state index contributed by atoms with van der Waals surface area (Å²) < 4.78 is 32.1. The summed E-state index contributed by atoms with van der Waals surface area (Å²) in [5.74, 6) is -2.43. The zero-order valence-electron chi connectivity index (χ0n) is 10.1. The highest BCUT2D eigenvalue weighted by molar-refractivity contribution is 5.95. The van der Waals surface area contributed by atoms with Crippen molar-refractivity contribution in [3.63, 3.8) is 0 Å². The number of hydrogen-bond donors (Lipinski definition) is 2. The van der Waals surface area contributed by atoms with Crippen molar-refractivity contribution >= 4 is 11.6 Å². The Morgan fingerprint density at radius 2 is 2.26 bits per heavy atom. The minimum atomic E-state index is -0.949. The highest BCUT2D eigenvalue weighted by atomic mass is 19.1. The van der Waals surface area contributed by atoms with E-state index in [4.69, 9.17) is 15.6 Å².